The van der Waals surface area contributed by atoms with Crippen molar-refractivity contribution in [3.05, 3.63) is 58.9 Å². The molecule has 25 heavy (non-hydrogen) atoms. The number of carbonyl (C=O) groups is 2. The first-order valence-electron chi connectivity index (χ1n) is 7.35. The average molecular weight is 343 g/mol. The van der Waals surface area contributed by atoms with E-state index < -0.39 is 17.4 Å². The summed E-state index contributed by atoms with van der Waals surface area (Å²) in [6.07, 6.45) is 1.54. The van der Waals surface area contributed by atoms with E-state index in [2.05, 4.69) is 15.7 Å². The first kappa shape index (κ1) is 16.4. The summed E-state index contributed by atoms with van der Waals surface area (Å²) in [6.45, 7) is 0.946. The minimum Gasteiger partial charge on any atom is -0.326 e. The zero-order valence-electron chi connectivity index (χ0n) is 13.2. The third-order valence-corrected chi connectivity index (χ3v) is 3.34. The first-order valence-corrected chi connectivity index (χ1v) is 7.35. The van der Waals surface area contributed by atoms with E-state index in [9.17, 15) is 18.8 Å². The molecule has 0 saturated heterocycles. The number of amides is 2. The molecule has 0 aliphatic heterocycles. The van der Waals surface area contributed by atoms with Gasteiger partial charge in [-0.05, 0) is 30.3 Å². The predicted octanol–water partition coefficient (Wildman–Crippen LogP) is 1.23. The van der Waals surface area contributed by atoms with Gasteiger partial charge in [-0.3, -0.25) is 14.0 Å². The number of carbonyl (C=O) groups excluding carboxylic acids is 2. The summed E-state index contributed by atoms with van der Waals surface area (Å²) in [4.78, 5) is 35.3. The van der Waals surface area contributed by atoms with Crippen molar-refractivity contribution in [3.63, 3.8) is 0 Å². The number of hydrogen-bond acceptors (Lipinski definition) is 4. The molecule has 0 spiro atoms. The molecule has 0 atom stereocenters. The fourth-order valence-corrected chi connectivity index (χ4v) is 2.30. The molecule has 0 unspecified atom stereocenters. The number of nitrogens with one attached hydrogen (secondary N) is 2. The Morgan fingerprint density at radius 3 is 2.72 bits per heavy atom. The van der Waals surface area contributed by atoms with Gasteiger partial charge >= 0.3 is 5.69 Å². The molecule has 3 rings (SSSR count). The highest BCUT2D eigenvalue weighted by atomic mass is 19.1. The summed E-state index contributed by atoms with van der Waals surface area (Å²) in [5, 5.41) is 8.89. The van der Waals surface area contributed by atoms with Crippen LogP contribution in [0.15, 0.2) is 47.4 Å². The van der Waals surface area contributed by atoms with Crippen LogP contribution in [-0.2, 0) is 16.1 Å². The van der Waals surface area contributed by atoms with Crippen molar-refractivity contribution in [1.29, 1.82) is 0 Å². The van der Waals surface area contributed by atoms with Crippen molar-refractivity contribution < 1.29 is 14.0 Å². The van der Waals surface area contributed by atoms with E-state index in [1.54, 1.807) is 18.2 Å². The Labute approximate surface area is 140 Å². The van der Waals surface area contributed by atoms with Gasteiger partial charge in [0.2, 0.25) is 11.8 Å². The molecule has 2 heterocycles. The number of hydrogen-bond donors (Lipinski definition) is 2. The highest BCUT2D eigenvalue weighted by Crippen LogP contribution is 2.19. The van der Waals surface area contributed by atoms with Gasteiger partial charge < -0.3 is 10.6 Å². The molecule has 0 aliphatic carbocycles. The Hall–Kier alpha value is -3.49. The lowest BCUT2D eigenvalue weighted by Crippen LogP contribution is -2.28. The van der Waals surface area contributed by atoms with Crippen LogP contribution >= 0.6 is 0 Å². The van der Waals surface area contributed by atoms with E-state index in [1.807, 2.05) is 0 Å². The van der Waals surface area contributed by atoms with Crippen LogP contribution < -0.4 is 16.3 Å². The van der Waals surface area contributed by atoms with Gasteiger partial charge in [0.05, 0.1) is 5.69 Å². The monoisotopic (exact) mass is 343 g/mol. The van der Waals surface area contributed by atoms with E-state index in [0.29, 0.717) is 11.3 Å². The fourth-order valence-electron chi connectivity index (χ4n) is 2.30. The standard InChI is InChI=1S/C16H14FN5O3/c1-10(23)18-11-5-6-12(17)13(8-11)19-15(24)9-22-16(25)21-7-3-2-4-14(21)20-22/h2-8H,9H2,1H3,(H,18,23)(H,19,24). The van der Waals surface area contributed by atoms with E-state index in [0.717, 1.165) is 10.7 Å². The van der Waals surface area contributed by atoms with Crippen molar-refractivity contribution in [1.82, 2.24) is 14.2 Å². The molecule has 2 amide bonds. The maximum atomic E-state index is 13.8. The molecule has 9 heteroatoms. The van der Waals surface area contributed by atoms with Crippen molar-refractivity contribution in [2.45, 2.75) is 13.5 Å². The molecule has 0 saturated carbocycles. The maximum Gasteiger partial charge on any atom is 0.350 e. The van der Waals surface area contributed by atoms with Crippen molar-refractivity contribution in [2.24, 2.45) is 0 Å². The summed E-state index contributed by atoms with van der Waals surface area (Å²) in [5.74, 6) is -1.60. The van der Waals surface area contributed by atoms with Crippen molar-refractivity contribution in [2.75, 3.05) is 10.6 Å². The molecule has 128 valence electrons. The van der Waals surface area contributed by atoms with Gasteiger partial charge in [0.25, 0.3) is 0 Å². The lowest BCUT2D eigenvalue weighted by atomic mass is 10.2. The zero-order valence-corrected chi connectivity index (χ0v) is 13.2. The number of aromatic nitrogens is 3. The molecule has 1 aromatic carbocycles. The largest absolute Gasteiger partial charge is 0.350 e. The van der Waals surface area contributed by atoms with Gasteiger partial charge in [0.15, 0.2) is 5.65 Å². The summed E-state index contributed by atoms with van der Waals surface area (Å²) in [5.41, 5.74) is 0.166. The fraction of sp³-hybridized carbons (Fsp3) is 0.125. The normalized spacial score (nSPS) is 10.6. The third-order valence-electron chi connectivity index (χ3n) is 3.34. The molecular weight excluding hydrogens is 329 g/mol. The molecular formula is C16H14FN5O3. The molecule has 3 aromatic rings. The Bertz CT molecular complexity index is 1020. The van der Waals surface area contributed by atoms with Gasteiger partial charge in [0, 0.05) is 18.8 Å². The molecule has 0 radical (unpaired) electrons. The number of fused-ring (bicyclic) bond motifs is 1. The minimum atomic E-state index is -0.662. The number of benzene rings is 1. The van der Waals surface area contributed by atoms with Crippen LogP contribution in [0.5, 0.6) is 0 Å². The lowest BCUT2D eigenvalue weighted by molar-refractivity contribution is -0.117. The molecule has 2 N–H and O–H groups in total. The summed E-state index contributed by atoms with van der Waals surface area (Å²) in [6, 6.07) is 8.81. The molecule has 0 fully saturated rings. The number of halogens is 1. The Morgan fingerprint density at radius 2 is 2.00 bits per heavy atom. The van der Waals surface area contributed by atoms with Gasteiger partial charge in [-0.15, -0.1) is 5.10 Å². The SMILES string of the molecule is CC(=O)Nc1ccc(F)c(NC(=O)Cn2nc3ccccn3c2=O)c1. The minimum absolute atomic E-state index is 0.104. The molecule has 0 aliphatic rings. The smallest absolute Gasteiger partial charge is 0.326 e. The second-order valence-electron chi connectivity index (χ2n) is 5.29. The van der Waals surface area contributed by atoms with E-state index in [-0.39, 0.29) is 18.1 Å². The van der Waals surface area contributed by atoms with Crippen molar-refractivity contribution >= 4 is 28.8 Å². The Balaban J connectivity index is 1.79. The molecule has 8 nitrogen and oxygen atoms in total. The van der Waals surface area contributed by atoms with E-state index in [1.165, 1.54) is 29.7 Å². The van der Waals surface area contributed by atoms with E-state index >= 15 is 0 Å². The van der Waals surface area contributed by atoms with Crippen LogP contribution in [0.25, 0.3) is 5.65 Å². The van der Waals surface area contributed by atoms with Crippen LogP contribution in [0.1, 0.15) is 6.92 Å². The van der Waals surface area contributed by atoms with Crippen molar-refractivity contribution in [3.8, 4) is 0 Å². The van der Waals surface area contributed by atoms with Gasteiger partial charge in [0.1, 0.15) is 12.4 Å². The van der Waals surface area contributed by atoms with Gasteiger partial charge in [-0.1, -0.05) is 6.07 Å². The second kappa shape index (κ2) is 6.56. The quantitative estimate of drug-likeness (QED) is 0.744. The summed E-state index contributed by atoms with van der Waals surface area (Å²) < 4.78 is 16.1. The number of nitrogens with zero attached hydrogens (tertiary/aromatic N) is 3. The van der Waals surface area contributed by atoms with Gasteiger partial charge in [-0.2, -0.15) is 0 Å². The average Bonchev–Trinajstić information content (AvgIpc) is 2.86. The topological polar surface area (TPSA) is 97.5 Å². The maximum absolute atomic E-state index is 13.8. The number of rotatable bonds is 4. The first-order chi connectivity index (χ1) is 11.9. The van der Waals surface area contributed by atoms with Crippen LogP contribution in [0.3, 0.4) is 0 Å². The van der Waals surface area contributed by atoms with Crippen LogP contribution in [0, 0.1) is 5.82 Å². The summed E-state index contributed by atoms with van der Waals surface area (Å²) >= 11 is 0. The lowest BCUT2D eigenvalue weighted by Gasteiger charge is -2.09. The summed E-state index contributed by atoms with van der Waals surface area (Å²) in [7, 11) is 0. The van der Waals surface area contributed by atoms with Crippen LogP contribution in [-0.4, -0.2) is 26.0 Å². The number of pyridine rings is 1. The highest BCUT2D eigenvalue weighted by Gasteiger charge is 2.13. The second-order valence-corrected chi connectivity index (χ2v) is 5.29. The van der Waals surface area contributed by atoms with Crippen LogP contribution in [0.2, 0.25) is 0 Å². The van der Waals surface area contributed by atoms with Crippen LogP contribution in [0.4, 0.5) is 15.8 Å². The number of anilines is 2. The third kappa shape index (κ3) is 3.55. The highest BCUT2D eigenvalue weighted by molar-refractivity contribution is 5.93. The molecule has 0 bridgehead atoms. The van der Waals surface area contributed by atoms with E-state index in [4.69, 9.17) is 0 Å². The van der Waals surface area contributed by atoms with Gasteiger partial charge in [-0.25, -0.2) is 13.9 Å². The predicted molar refractivity (Wildman–Crippen MR) is 88.8 cm³/mol. The Kier molecular flexibility index (Phi) is 4.29. The Morgan fingerprint density at radius 1 is 1.20 bits per heavy atom. The zero-order chi connectivity index (χ0) is 18.0. The molecule has 2 aromatic heterocycles.